The lowest BCUT2D eigenvalue weighted by molar-refractivity contribution is 0.236. The van der Waals surface area contributed by atoms with Gasteiger partial charge in [-0.3, -0.25) is 0 Å². The van der Waals surface area contributed by atoms with Gasteiger partial charge in [0.05, 0.1) is 6.61 Å². The van der Waals surface area contributed by atoms with Crippen molar-refractivity contribution in [1.82, 2.24) is 0 Å². The Labute approximate surface area is 89.9 Å². The van der Waals surface area contributed by atoms with Crippen LogP contribution in [-0.2, 0) is 5.41 Å². The van der Waals surface area contributed by atoms with Gasteiger partial charge in [0, 0.05) is 16.7 Å². The number of fused-ring (bicyclic) bond motifs is 1. The molecule has 76 valence electrons. The highest BCUT2D eigenvalue weighted by molar-refractivity contribution is 7.98. The van der Waals surface area contributed by atoms with Crippen LogP contribution in [0.5, 0.6) is 5.75 Å². The van der Waals surface area contributed by atoms with Crippen LogP contribution >= 0.6 is 11.8 Å². The summed E-state index contributed by atoms with van der Waals surface area (Å²) in [6, 6.07) is 8.42. The number of rotatable bonds is 2. The van der Waals surface area contributed by atoms with E-state index < -0.39 is 0 Å². The summed E-state index contributed by atoms with van der Waals surface area (Å²) >= 11 is 1.92. The van der Waals surface area contributed by atoms with Crippen LogP contribution in [0.1, 0.15) is 18.9 Å². The maximum Gasteiger partial charge on any atom is 0.123 e. The van der Waals surface area contributed by atoms with Crippen molar-refractivity contribution >= 4 is 11.8 Å². The van der Waals surface area contributed by atoms with Gasteiger partial charge in [-0.1, -0.05) is 25.1 Å². The van der Waals surface area contributed by atoms with Gasteiger partial charge in [0.1, 0.15) is 5.75 Å². The Morgan fingerprint density at radius 2 is 2.21 bits per heavy atom. The highest BCUT2D eigenvalue weighted by Crippen LogP contribution is 2.39. The van der Waals surface area contributed by atoms with E-state index in [0.29, 0.717) is 5.41 Å². The van der Waals surface area contributed by atoms with Crippen LogP contribution in [-0.4, -0.2) is 18.6 Å². The summed E-state index contributed by atoms with van der Waals surface area (Å²) in [4.78, 5) is 0. The molecule has 0 radical (unpaired) electrons. The molecule has 1 atom stereocenters. The zero-order valence-corrected chi connectivity index (χ0v) is 9.56. The molecule has 0 fully saturated rings. The molecule has 1 heterocycles. The largest absolute Gasteiger partial charge is 0.493 e. The fourth-order valence-electron chi connectivity index (χ4n) is 2.08. The smallest absolute Gasteiger partial charge is 0.123 e. The first-order chi connectivity index (χ1) is 6.76. The standard InChI is InChI=1S/C12H16OS/c1-12(9-14-2)7-8-13-11-6-4-3-5-10(11)12/h3-6H,7-9H2,1-2H3/t12-/m1/s1. The predicted octanol–water partition coefficient (Wildman–Crippen LogP) is 3.09. The van der Waals surface area contributed by atoms with Gasteiger partial charge in [-0.15, -0.1) is 0 Å². The lowest BCUT2D eigenvalue weighted by Gasteiger charge is -2.35. The molecule has 1 nitrogen and oxygen atoms in total. The van der Waals surface area contributed by atoms with Crippen LogP contribution in [0.2, 0.25) is 0 Å². The second-order valence-electron chi connectivity index (χ2n) is 4.09. The number of hydrogen-bond donors (Lipinski definition) is 0. The Morgan fingerprint density at radius 3 is 3.00 bits per heavy atom. The molecule has 0 aliphatic carbocycles. The van der Waals surface area contributed by atoms with Crippen molar-refractivity contribution in [2.75, 3.05) is 18.6 Å². The maximum atomic E-state index is 5.66. The third-order valence-electron chi connectivity index (χ3n) is 2.91. The molecule has 1 aliphatic heterocycles. The van der Waals surface area contributed by atoms with Crippen LogP contribution in [0, 0.1) is 0 Å². The molecule has 1 aromatic rings. The first-order valence-electron chi connectivity index (χ1n) is 4.97. The highest BCUT2D eigenvalue weighted by atomic mass is 32.2. The van der Waals surface area contributed by atoms with Crippen molar-refractivity contribution < 1.29 is 4.74 Å². The minimum Gasteiger partial charge on any atom is -0.493 e. The van der Waals surface area contributed by atoms with Gasteiger partial charge >= 0.3 is 0 Å². The van der Waals surface area contributed by atoms with Gasteiger partial charge in [-0.25, -0.2) is 0 Å². The van der Waals surface area contributed by atoms with Gasteiger partial charge in [-0.2, -0.15) is 11.8 Å². The maximum absolute atomic E-state index is 5.66. The van der Waals surface area contributed by atoms with Gasteiger partial charge in [0.15, 0.2) is 0 Å². The van der Waals surface area contributed by atoms with E-state index in [2.05, 4.69) is 31.4 Å². The molecular weight excluding hydrogens is 192 g/mol. The quantitative estimate of drug-likeness (QED) is 0.738. The lowest BCUT2D eigenvalue weighted by atomic mass is 9.80. The van der Waals surface area contributed by atoms with Gasteiger partial charge in [0.25, 0.3) is 0 Å². The third-order valence-corrected chi connectivity index (χ3v) is 3.84. The summed E-state index contributed by atoms with van der Waals surface area (Å²) in [6.07, 6.45) is 3.30. The van der Waals surface area contributed by atoms with E-state index in [1.165, 1.54) is 11.3 Å². The van der Waals surface area contributed by atoms with Crippen molar-refractivity contribution in [3.63, 3.8) is 0 Å². The van der Waals surface area contributed by atoms with Crippen LogP contribution in [0.3, 0.4) is 0 Å². The monoisotopic (exact) mass is 208 g/mol. The zero-order chi connectivity index (χ0) is 10.0. The molecule has 1 aliphatic rings. The molecule has 0 unspecified atom stereocenters. The first-order valence-corrected chi connectivity index (χ1v) is 6.37. The fourth-order valence-corrected chi connectivity index (χ4v) is 3.02. The van der Waals surface area contributed by atoms with Crippen molar-refractivity contribution in [1.29, 1.82) is 0 Å². The Hall–Kier alpha value is -0.630. The molecule has 2 heteroatoms. The number of hydrogen-bond acceptors (Lipinski definition) is 2. The van der Waals surface area contributed by atoms with Crippen LogP contribution in [0.15, 0.2) is 24.3 Å². The highest BCUT2D eigenvalue weighted by Gasteiger charge is 2.32. The van der Waals surface area contributed by atoms with E-state index in [-0.39, 0.29) is 0 Å². The van der Waals surface area contributed by atoms with Gasteiger partial charge < -0.3 is 4.74 Å². The summed E-state index contributed by atoms with van der Waals surface area (Å²) in [6.45, 7) is 3.19. The normalized spacial score (nSPS) is 25.3. The van der Waals surface area contributed by atoms with Crippen LogP contribution < -0.4 is 4.74 Å². The molecule has 0 spiro atoms. The summed E-state index contributed by atoms with van der Waals surface area (Å²) in [5.74, 6) is 2.25. The predicted molar refractivity (Wildman–Crippen MR) is 62.3 cm³/mol. The van der Waals surface area contributed by atoms with E-state index in [4.69, 9.17) is 4.74 Å². The first kappa shape index (κ1) is 9.91. The summed E-state index contributed by atoms with van der Waals surface area (Å²) in [5, 5.41) is 0. The lowest BCUT2D eigenvalue weighted by Crippen LogP contribution is -2.32. The minimum atomic E-state index is 0.300. The molecule has 0 saturated heterocycles. The van der Waals surface area contributed by atoms with E-state index in [9.17, 15) is 0 Å². The van der Waals surface area contributed by atoms with E-state index in [0.717, 1.165) is 18.8 Å². The van der Waals surface area contributed by atoms with Gasteiger partial charge in [-0.05, 0) is 18.7 Å². The molecule has 2 rings (SSSR count). The average Bonchev–Trinajstić information content (AvgIpc) is 2.19. The number of benzene rings is 1. The molecule has 0 saturated carbocycles. The molecule has 14 heavy (non-hydrogen) atoms. The van der Waals surface area contributed by atoms with Crippen molar-refractivity contribution in [2.45, 2.75) is 18.8 Å². The van der Waals surface area contributed by atoms with Crippen molar-refractivity contribution in [2.24, 2.45) is 0 Å². The Balaban J connectivity index is 2.39. The van der Waals surface area contributed by atoms with E-state index in [1.54, 1.807) is 0 Å². The van der Waals surface area contributed by atoms with E-state index in [1.807, 2.05) is 17.8 Å². The van der Waals surface area contributed by atoms with Crippen molar-refractivity contribution in [3.8, 4) is 5.75 Å². The third kappa shape index (κ3) is 1.63. The van der Waals surface area contributed by atoms with Crippen molar-refractivity contribution in [3.05, 3.63) is 29.8 Å². The topological polar surface area (TPSA) is 9.23 Å². The number of ether oxygens (including phenoxy) is 1. The van der Waals surface area contributed by atoms with Gasteiger partial charge in [0.2, 0.25) is 0 Å². The average molecular weight is 208 g/mol. The number of para-hydroxylation sites is 1. The molecule has 1 aromatic carbocycles. The molecule has 0 aromatic heterocycles. The molecule has 0 bridgehead atoms. The second-order valence-corrected chi connectivity index (χ2v) is 4.95. The zero-order valence-electron chi connectivity index (χ0n) is 8.75. The summed E-state index contributed by atoms with van der Waals surface area (Å²) in [5.41, 5.74) is 1.68. The van der Waals surface area contributed by atoms with Crippen LogP contribution in [0.4, 0.5) is 0 Å². The minimum absolute atomic E-state index is 0.300. The molecule has 0 N–H and O–H groups in total. The Kier molecular flexibility index (Phi) is 2.73. The summed E-state index contributed by atoms with van der Waals surface area (Å²) in [7, 11) is 0. The fraction of sp³-hybridized carbons (Fsp3) is 0.500. The second kappa shape index (κ2) is 3.85. The Morgan fingerprint density at radius 1 is 1.43 bits per heavy atom. The molecular formula is C12H16OS. The van der Waals surface area contributed by atoms with E-state index >= 15 is 0 Å². The summed E-state index contributed by atoms with van der Waals surface area (Å²) < 4.78 is 5.66. The Bertz CT molecular complexity index is 324. The SMILES string of the molecule is CSC[C@@]1(C)CCOc2ccccc21. The number of thioether (sulfide) groups is 1. The molecule has 0 amide bonds. The van der Waals surface area contributed by atoms with Crippen LogP contribution in [0.25, 0.3) is 0 Å².